The van der Waals surface area contributed by atoms with E-state index in [1.807, 2.05) is 6.92 Å². The Morgan fingerprint density at radius 2 is 2.06 bits per heavy atom. The van der Waals surface area contributed by atoms with Gasteiger partial charge in [-0.05, 0) is 26.2 Å². The van der Waals surface area contributed by atoms with Gasteiger partial charge in [0.25, 0.3) is 0 Å². The summed E-state index contributed by atoms with van der Waals surface area (Å²) in [4.78, 5) is 4.51. The van der Waals surface area contributed by atoms with Crippen molar-refractivity contribution in [3.05, 3.63) is 11.9 Å². The van der Waals surface area contributed by atoms with Gasteiger partial charge in [-0.3, -0.25) is 0 Å². The van der Waals surface area contributed by atoms with Crippen LogP contribution < -0.4 is 5.32 Å². The van der Waals surface area contributed by atoms with Crippen LogP contribution in [0.3, 0.4) is 0 Å². The number of unbranched alkanes of at least 4 members (excludes halogenated alkanes) is 1. The van der Waals surface area contributed by atoms with Crippen LogP contribution in [0.15, 0.2) is 6.20 Å². The van der Waals surface area contributed by atoms with E-state index in [4.69, 9.17) is 4.74 Å². The van der Waals surface area contributed by atoms with Crippen molar-refractivity contribution in [1.29, 1.82) is 0 Å². The maximum absolute atomic E-state index is 5.50. The fourth-order valence-corrected chi connectivity index (χ4v) is 1.82. The highest BCUT2D eigenvalue weighted by Crippen LogP contribution is 2.09. The molecule has 0 aromatic carbocycles. The molecular formula is C14H27N3O. The fraction of sp³-hybridized carbons (Fsp3) is 0.786. The topological polar surface area (TPSA) is 39.1 Å². The Balaban J connectivity index is 2.33. The van der Waals surface area contributed by atoms with Gasteiger partial charge in [-0.2, -0.15) is 0 Å². The molecule has 1 rings (SSSR count). The third kappa shape index (κ3) is 5.54. The Hall–Kier alpha value is -1.03. The molecule has 0 aliphatic carbocycles. The maximum atomic E-state index is 5.50. The largest absolute Gasteiger partial charge is 0.381 e. The standard InChI is InChI=1S/C14H27N3O/c1-4-6-8-15-14-16-13(3)12-17(14)9-7-11-18-10-5-2/h12H,4-11H2,1-3H3,(H,15,16). The van der Waals surface area contributed by atoms with Crippen LogP contribution in [-0.2, 0) is 11.3 Å². The summed E-state index contributed by atoms with van der Waals surface area (Å²) in [6.07, 6.45) is 6.63. The second-order valence-electron chi connectivity index (χ2n) is 4.65. The Morgan fingerprint density at radius 3 is 2.78 bits per heavy atom. The summed E-state index contributed by atoms with van der Waals surface area (Å²) < 4.78 is 7.69. The lowest BCUT2D eigenvalue weighted by atomic mass is 10.3. The smallest absolute Gasteiger partial charge is 0.203 e. The summed E-state index contributed by atoms with van der Waals surface area (Å²) in [5.41, 5.74) is 1.07. The summed E-state index contributed by atoms with van der Waals surface area (Å²) in [6, 6.07) is 0. The zero-order valence-electron chi connectivity index (χ0n) is 12.0. The van der Waals surface area contributed by atoms with Crippen molar-refractivity contribution in [3.8, 4) is 0 Å². The Bertz CT molecular complexity index is 323. The number of anilines is 1. The van der Waals surface area contributed by atoms with Crippen LogP contribution in [0.1, 0.15) is 45.2 Å². The molecule has 1 N–H and O–H groups in total. The Kier molecular flexibility index (Phi) is 7.49. The molecule has 0 saturated carbocycles. The third-order valence-electron chi connectivity index (χ3n) is 2.75. The van der Waals surface area contributed by atoms with E-state index in [-0.39, 0.29) is 0 Å². The van der Waals surface area contributed by atoms with Gasteiger partial charge in [0.15, 0.2) is 0 Å². The van der Waals surface area contributed by atoms with E-state index in [9.17, 15) is 0 Å². The van der Waals surface area contributed by atoms with Crippen molar-refractivity contribution in [2.45, 2.75) is 53.0 Å². The van der Waals surface area contributed by atoms with Crippen molar-refractivity contribution in [2.75, 3.05) is 25.1 Å². The molecule has 0 bridgehead atoms. The maximum Gasteiger partial charge on any atom is 0.203 e. The van der Waals surface area contributed by atoms with Crippen LogP contribution in [0.5, 0.6) is 0 Å². The van der Waals surface area contributed by atoms with Gasteiger partial charge in [0, 0.05) is 32.5 Å². The number of ether oxygens (including phenoxy) is 1. The number of nitrogens with one attached hydrogen (secondary N) is 1. The molecule has 0 amide bonds. The fourth-order valence-electron chi connectivity index (χ4n) is 1.82. The van der Waals surface area contributed by atoms with Crippen LogP contribution in [0.2, 0.25) is 0 Å². The lowest BCUT2D eigenvalue weighted by molar-refractivity contribution is 0.129. The van der Waals surface area contributed by atoms with E-state index in [0.717, 1.165) is 50.8 Å². The lowest BCUT2D eigenvalue weighted by Gasteiger charge is -2.09. The molecule has 0 atom stereocenters. The molecule has 0 aliphatic rings. The molecule has 4 nitrogen and oxygen atoms in total. The molecule has 0 unspecified atom stereocenters. The number of aromatic nitrogens is 2. The lowest BCUT2D eigenvalue weighted by Crippen LogP contribution is -2.10. The molecule has 0 saturated heterocycles. The minimum Gasteiger partial charge on any atom is -0.381 e. The third-order valence-corrected chi connectivity index (χ3v) is 2.75. The van der Waals surface area contributed by atoms with E-state index in [0.29, 0.717) is 0 Å². The van der Waals surface area contributed by atoms with Crippen molar-refractivity contribution in [2.24, 2.45) is 0 Å². The molecule has 0 spiro atoms. The highest BCUT2D eigenvalue weighted by Gasteiger charge is 2.04. The summed E-state index contributed by atoms with van der Waals surface area (Å²) >= 11 is 0. The minimum absolute atomic E-state index is 0.833. The monoisotopic (exact) mass is 253 g/mol. The highest BCUT2D eigenvalue weighted by atomic mass is 16.5. The first kappa shape index (κ1) is 15.0. The second-order valence-corrected chi connectivity index (χ2v) is 4.65. The van der Waals surface area contributed by atoms with Crippen LogP contribution in [0.25, 0.3) is 0 Å². The molecular weight excluding hydrogens is 226 g/mol. The summed E-state index contributed by atoms with van der Waals surface area (Å²) in [6.45, 7) is 10.0. The van der Waals surface area contributed by atoms with Gasteiger partial charge in [0.2, 0.25) is 5.95 Å². The molecule has 104 valence electrons. The zero-order chi connectivity index (χ0) is 13.2. The average molecular weight is 253 g/mol. The zero-order valence-corrected chi connectivity index (χ0v) is 12.0. The average Bonchev–Trinajstić information content (AvgIpc) is 2.70. The first-order chi connectivity index (χ1) is 8.77. The Morgan fingerprint density at radius 1 is 1.22 bits per heavy atom. The van der Waals surface area contributed by atoms with Gasteiger partial charge < -0.3 is 14.6 Å². The summed E-state index contributed by atoms with van der Waals surface area (Å²) in [7, 11) is 0. The van der Waals surface area contributed by atoms with E-state index in [2.05, 4.69) is 34.9 Å². The van der Waals surface area contributed by atoms with Crippen LogP contribution in [0, 0.1) is 6.92 Å². The van der Waals surface area contributed by atoms with Crippen molar-refractivity contribution < 1.29 is 4.74 Å². The van der Waals surface area contributed by atoms with E-state index in [1.54, 1.807) is 0 Å². The number of rotatable bonds is 10. The molecule has 1 aromatic rings. The number of nitrogens with zero attached hydrogens (tertiary/aromatic N) is 2. The quantitative estimate of drug-likeness (QED) is 0.651. The highest BCUT2D eigenvalue weighted by molar-refractivity contribution is 5.28. The molecule has 0 aliphatic heterocycles. The summed E-state index contributed by atoms with van der Waals surface area (Å²) in [5, 5.41) is 3.40. The SMILES string of the molecule is CCCCNc1nc(C)cn1CCCOCCC. The normalized spacial score (nSPS) is 10.8. The van der Waals surface area contributed by atoms with Crippen molar-refractivity contribution >= 4 is 5.95 Å². The number of aryl methyl sites for hydroxylation is 2. The van der Waals surface area contributed by atoms with Gasteiger partial charge >= 0.3 is 0 Å². The van der Waals surface area contributed by atoms with Gasteiger partial charge in [-0.1, -0.05) is 20.3 Å². The first-order valence-electron chi connectivity index (χ1n) is 7.13. The predicted octanol–water partition coefficient (Wildman–Crippen LogP) is 3.22. The predicted molar refractivity (Wildman–Crippen MR) is 76.1 cm³/mol. The van der Waals surface area contributed by atoms with Crippen LogP contribution in [0.4, 0.5) is 5.95 Å². The molecule has 4 heteroatoms. The second kappa shape index (κ2) is 8.97. The molecule has 18 heavy (non-hydrogen) atoms. The molecule has 0 fully saturated rings. The van der Waals surface area contributed by atoms with Crippen molar-refractivity contribution in [3.63, 3.8) is 0 Å². The van der Waals surface area contributed by atoms with E-state index < -0.39 is 0 Å². The Labute approximate surface area is 111 Å². The van der Waals surface area contributed by atoms with Gasteiger partial charge in [-0.25, -0.2) is 4.98 Å². The summed E-state index contributed by atoms with van der Waals surface area (Å²) in [5.74, 6) is 0.997. The number of hydrogen-bond acceptors (Lipinski definition) is 3. The van der Waals surface area contributed by atoms with Gasteiger partial charge in [-0.15, -0.1) is 0 Å². The van der Waals surface area contributed by atoms with Crippen LogP contribution >= 0.6 is 0 Å². The molecule has 1 aromatic heterocycles. The van der Waals surface area contributed by atoms with Crippen LogP contribution in [-0.4, -0.2) is 29.3 Å². The number of hydrogen-bond donors (Lipinski definition) is 1. The first-order valence-corrected chi connectivity index (χ1v) is 7.13. The van der Waals surface area contributed by atoms with E-state index >= 15 is 0 Å². The van der Waals surface area contributed by atoms with Gasteiger partial charge in [0.05, 0.1) is 5.69 Å². The minimum atomic E-state index is 0.833. The van der Waals surface area contributed by atoms with Crippen molar-refractivity contribution in [1.82, 2.24) is 9.55 Å². The molecule has 1 heterocycles. The molecule has 0 radical (unpaired) electrons. The number of imidazole rings is 1. The van der Waals surface area contributed by atoms with E-state index in [1.165, 1.54) is 12.8 Å². The van der Waals surface area contributed by atoms with Gasteiger partial charge in [0.1, 0.15) is 0 Å².